The molecule has 19 heteroatoms. The molecule has 0 saturated heterocycles. The predicted molar refractivity (Wildman–Crippen MR) is 340 cm³/mol. The fraction of sp³-hybridized carbons (Fsp3) is 0.939. The molecule has 0 aromatic carbocycles. The average molecular weight is 1260 g/mol. The molecule has 0 bridgehead atoms. The Balaban J connectivity index is 5.24. The van der Waals surface area contributed by atoms with Crippen LogP contribution in [0.3, 0.4) is 0 Å². The van der Waals surface area contributed by atoms with E-state index in [1.807, 2.05) is 0 Å². The molecule has 0 aliphatic heterocycles. The Bertz CT molecular complexity index is 1700. The number of carbonyl (C=O) groups is 4. The molecule has 3 unspecified atom stereocenters. The molecule has 0 aromatic rings. The van der Waals surface area contributed by atoms with E-state index in [1.54, 1.807) is 0 Å². The molecule has 0 aromatic heterocycles. The first kappa shape index (κ1) is 83.1. The molecule has 0 aliphatic rings. The Hall–Kier alpha value is -1.94. The summed E-state index contributed by atoms with van der Waals surface area (Å²) < 4.78 is 68.0. The fourth-order valence-electron chi connectivity index (χ4n) is 9.75. The molecule has 504 valence electrons. The van der Waals surface area contributed by atoms with Crippen molar-refractivity contribution in [3.63, 3.8) is 0 Å². The summed E-state index contributed by atoms with van der Waals surface area (Å²) in [4.78, 5) is 72.3. The molecule has 0 amide bonds. The zero-order valence-corrected chi connectivity index (χ0v) is 57.0. The highest BCUT2D eigenvalue weighted by atomic mass is 31.2. The minimum Gasteiger partial charge on any atom is -0.462 e. The number of hydrogen-bond acceptors (Lipinski definition) is 15. The highest BCUT2D eigenvalue weighted by Gasteiger charge is 2.30. The number of ether oxygens (including phenoxy) is 4. The summed E-state index contributed by atoms with van der Waals surface area (Å²) in [6.07, 6.45) is 36.5. The topological polar surface area (TPSA) is 237 Å². The first-order chi connectivity index (χ1) is 40.6. The van der Waals surface area contributed by atoms with E-state index in [2.05, 4.69) is 55.4 Å². The van der Waals surface area contributed by atoms with Crippen molar-refractivity contribution in [1.29, 1.82) is 0 Å². The predicted octanol–water partition coefficient (Wildman–Crippen LogP) is 18.1. The van der Waals surface area contributed by atoms with E-state index in [0.717, 1.165) is 108 Å². The number of esters is 4. The number of carbonyl (C=O) groups excluding carboxylic acids is 4. The monoisotopic (exact) mass is 1250 g/mol. The van der Waals surface area contributed by atoms with Crippen LogP contribution in [0.25, 0.3) is 0 Å². The number of hydrogen-bond donors (Lipinski definition) is 3. The fourth-order valence-corrected chi connectivity index (χ4v) is 11.3. The van der Waals surface area contributed by atoms with Crippen LogP contribution in [0.2, 0.25) is 0 Å². The van der Waals surface area contributed by atoms with Crippen molar-refractivity contribution >= 4 is 39.5 Å². The van der Waals surface area contributed by atoms with Crippen LogP contribution in [0.4, 0.5) is 0 Å². The largest absolute Gasteiger partial charge is 0.472 e. The third-order valence-corrected chi connectivity index (χ3v) is 17.3. The van der Waals surface area contributed by atoms with Crippen LogP contribution >= 0.6 is 15.6 Å². The maximum atomic E-state index is 13.0. The van der Waals surface area contributed by atoms with Crippen molar-refractivity contribution in [2.45, 2.75) is 337 Å². The lowest BCUT2D eigenvalue weighted by Crippen LogP contribution is -2.30. The van der Waals surface area contributed by atoms with Crippen LogP contribution in [-0.4, -0.2) is 96.7 Å². The molecule has 0 heterocycles. The van der Waals surface area contributed by atoms with Gasteiger partial charge in [0.15, 0.2) is 12.2 Å². The average Bonchev–Trinajstić information content (AvgIpc) is 3.55. The van der Waals surface area contributed by atoms with Crippen LogP contribution in [0.5, 0.6) is 0 Å². The van der Waals surface area contributed by atoms with Gasteiger partial charge in [0.05, 0.1) is 26.4 Å². The van der Waals surface area contributed by atoms with Crippen LogP contribution < -0.4 is 0 Å². The van der Waals surface area contributed by atoms with Gasteiger partial charge in [0.2, 0.25) is 0 Å². The molecule has 0 rings (SSSR count). The lowest BCUT2D eigenvalue weighted by atomic mass is 9.99. The lowest BCUT2D eigenvalue weighted by molar-refractivity contribution is -0.161. The summed E-state index contributed by atoms with van der Waals surface area (Å²) >= 11 is 0. The normalized spacial score (nSPS) is 14.7. The molecule has 0 fully saturated rings. The summed E-state index contributed by atoms with van der Waals surface area (Å²) in [6, 6.07) is 0. The minimum atomic E-state index is -4.95. The second-order valence-electron chi connectivity index (χ2n) is 25.5. The second-order valence-corrected chi connectivity index (χ2v) is 28.4. The molecular formula is C66H128O17P2. The van der Waals surface area contributed by atoms with E-state index in [1.165, 1.54) is 116 Å². The van der Waals surface area contributed by atoms with Crippen molar-refractivity contribution in [2.24, 2.45) is 23.7 Å². The van der Waals surface area contributed by atoms with Gasteiger partial charge in [-0.05, 0) is 49.4 Å². The highest BCUT2D eigenvalue weighted by molar-refractivity contribution is 7.47. The van der Waals surface area contributed by atoms with Gasteiger partial charge in [-0.15, -0.1) is 0 Å². The number of phosphoric ester groups is 2. The van der Waals surface area contributed by atoms with Crippen LogP contribution in [0.15, 0.2) is 0 Å². The Morgan fingerprint density at radius 2 is 0.565 bits per heavy atom. The zero-order valence-electron chi connectivity index (χ0n) is 55.2. The van der Waals surface area contributed by atoms with E-state index < -0.39 is 97.5 Å². The Labute approximate surface area is 517 Å². The Morgan fingerprint density at radius 3 is 0.835 bits per heavy atom. The summed E-state index contributed by atoms with van der Waals surface area (Å²) in [7, 11) is -9.89. The smallest absolute Gasteiger partial charge is 0.462 e. The van der Waals surface area contributed by atoms with Gasteiger partial charge in [0.25, 0.3) is 0 Å². The molecule has 0 radical (unpaired) electrons. The number of aliphatic hydroxyl groups is 1. The first-order valence-electron chi connectivity index (χ1n) is 34.2. The third kappa shape index (κ3) is 59.5. The Morgan fingerprint density at radius 1 is 0.329 bits per heavy atom. The third-order valence-electron chi connectivity index (χ3n) is 15.4. The minimum absolute atomic E-state index is 0.100. The molecular weight excluding hydrogens is 1130 g/mol. The molecule has 0 saturated carbocycles. The zero-order chi connectivity index (χ0) is 63.2. The van der Waals surface area contributed by atoms with Crippen molar-refractivity contribution in [2.75, 3.05) is 39.6 Å². The molecule has 6 atom stereocenters. The van der Waals surface area contributed by atoms with Crippen LogP contribution in [0.1, 0.15) is 319 Å². The number of phosphoric acid groups is 2. The van der Waals surface area contributed by atoms with Gasteiger partial charge < -0.3 is 33.8 Å². The van der Waals surface area contributed by atoms with E-state index in [-0.39, 0.29) is 25.7 Å². The summed E-state index contributed by atoms with van der Waals surface area (Å²) in [5, 5.41) is 10.5. The Kier molecular flexibility index (Phi) is 54.8. The number of aliphatic hydroxyl groups excluding tert-OH is 1. The van der Waals surface area contributed by atoms with E-state index in [4.69, 9.17) is 37.0 Å². The van der Waals surface area contributed by atoms with Crippen LogP contribution in [-0.2, 0) is 65.4 Å². The van der Waals surface area contributed by atoms with E-state index >= 15 is 0 Å². The van der Waals surface area contributed by atoms with Gasteiger partial charge in [-0.2, -0.15) is 0 Å². The quantitative estimate of drug-likeness (QED) is 0.0222. The van der Waals surface area contributed by atoms with Crippen molar-refractivity contribution < 1.29 is 80.2 Å². The van der Waals surface area contributed by atoms with Gasteiger partial charge in [0, 0.05) is 25.7 Å². The molecule has 3 N–H and O–H groups in total. The summed E-state index contributed by atoms with van der Waals surface area (Å²) in [5.41, 5.74) is 0. The molecule has 17 nitrogen and oxygen atoms in total. The van der Waals surface area contributed by atoms with Gasteiger partial charge in [0.1, 0.15) is 19.3 Å². The van der Waals surface area contributed by atoms with E-state index in [9.17, 15) is 43.2 Å². The van der Waals surface area contributed by atoms with Gasteiger partial charge >= 0.3 is 39.5 Å². The number of unbranched alkanes of at least 4 members (excludes halogenated alkanes) is 28. The maximum Gasteiger partial charge on any atom is 0.472 e. The van der Waals surface area contributed by atoms with Crippen LogP contribution in [0, 0.1) is 23.7 Å². The summed E-state index contributed by atoms with van der Waals surface area (Å²) in [6.45, 7) is 13.9. The van der Waals surface area contributed by atoms with E-state index in [0.29, 0.717) is 37.5 Å². The number of rotatable bonds is 63. The van der Waals surface area contributed by atoms with Crippen molar-refractivity contribution in [3.05, 3.63) is 0 Å². The molecule has 0 spiro atoms. The van der Waals surface area contributed by atoms with Crippen molar-refractivity contribution in [1.82, 2.24) is 0 Å². The standard InChI is InChI=1S/C66H128O17P2/c1-9-59(8)45-37-29-19-16-17-20-30-38-46-63(68)76-52-61(82-65(70)48-40-32-21-15-13-11-10-12-14-18-26-34-42-56(2)3)54-80-84(72,73)78-50-60(67)51-79-85(74,75)81-55-62(83-66(71)49-41-33-25-23-28-36-44-58(6)7)53-77-64(69)47-39-31-24-22-27-35-43-57(4)5/h56-62,67H,9-55H2,1-8H3,(H,72,73)(H,74,75)/t59?,60-,61-,62-/m1/s1. The second kappa shape index (κ2) is 56.1. The van der Waals surface area contributed by atoms with Gasteiger partial charge in [-0.25, -0.2) is 9.13 Å². The SMILES string of the molecule is CCC(C)CCCCCCCCCCC(=O)OC[C@H](COP(=O)(O)OC[C@@H](O)COP(=O)(O)OC[C@@H](COC(=O)CCCCCCCCC(C)C)OC(=O)CCCCCCCCC(C)C)OC(=O)CCCCCCCCCCCCCCC(C)C. The van der Waals surface area contributed by atoms with Gasteiger partial charge in [-0.3, -0.25) is 37.3 Å². The maximum absolute atomic E-state index is 13.0. The summed E-state index contributed by atoms with van der Waals surface area (Å²) in [5.74, 6) is 0.762. The lowest BCUT2D eigenvalue weighted by Gasteiger charge is -2.21. The first-order valence-corrected chi connectivity index (χ1v) is 37.2. The molecule has 0 aliphatic carbocycles. The molecule has 85 heavy (non-hydrogen) atoms. The van der Waals surface area contributed by atoms with Gasteiger partial charge in [-0.1, -0.05) is 267 Å². The van der Waals surface area contributed by atoms with Crippen molar-refractivity contribution in [3.8, 4) is 0 Å². The highest BCUT2D eigenvalue weighted by Crippen LogP contribution is 2.45.